The summed E-state index contributed by atoms with van der Waals surface area (Å²) in [5.74, 6) is -2.61. The molecular formula is C17H22Cl2F2NO+. The summed E-state index contributed by atoms with van der Waals surface area (Å²) in [6.45, 7) is 0.876. The summed E-state index contributed by atoms with van der Waals surface area (Å²) in [5, 5.41) is 11.8. The van der Waals surface area contributed by atoms with Crippen molar-refractivity contribution >= 4 is 23.2 Å². The molecular weight excluding hydrogens is 343 g/mol. The summed E-state index contributed by atoms with van der Waals surface area (Å²) in [4.78, 5) is 0.792. The second-order valence-corrected chi connectivity index (χ2v) is 7.81. The lowest BCUT2D eigenvalue weighted by atomic mass is 9.61. The SMILES string of the molecule is OC(C[NH+]1CCCC(F)(F)C1)C1(c2ccc(Cl)c(Cl)c2)CCC1. The molecule has 1 aliphatic carbocycles. The van der Waals surface area contributed by atoms with Crippen molar-refractivity contribution in [1.82, 2.24) is 0 Å². The standard InChI is InChI=1S/C17H21Cl2F2NO/c18-13-4-3-12(9-14(13)19)16(5-1-6-16)15(23)10-22-8-2-7-17(20,21)11-22/h3-4,9,15,23H,1-2,5-8,10-11H2/p+1. The van der Waals surface area contributed by atoms with E-state index >= 15 is 0 Å². The summed E-state index contributed by atoms with van der Waals surface area (Å²) >= 11 is 12.1. The van der Waals surface area contributed by atoms with Crippen molar-refractivity contribution in [2.24, 2.45) is 0 Å². The number of likely N-dealkylation sites (tertiary alicyclic amines) is 1. The van der Waals surface area contributed by atoms with Crippen molar-refractivity contribution < 1.29 is 18.8 Å². The van der Waals surface area contributed by atoms with E-state index in [1.165, 1.54) is 0 Å². The third kappa shape index (κ3) is 3.51. The van der Waals surface area contributed by atoms with Crippen LogP contribution in [0.5, 0.6) is 0 Å². The second-order valence-electron chi connectivity index (χ2n) is 6.99. The normalized spacial score (nSPS) is 27.3. The summed E-state index contributed by atoms with van der Waals surface area (Å²) in [7, 11) is 0. The van der Waals surface area contributed by atoms with Gasteiger partial charge in [0.15, 0.2) is 0 Å². The molecule has 23 heavy (non-hydrogen) atoms. The van der Waals surface area contributed by atoms with Gasteiger partial charge < -0.3 is 10.0 Å². The van der Waals surface area contributed by atoms with Gasteiger partial charge in [0.05, 0.1) is 16.6 Å². The van der Waals surface area contributed by atoms with Crippen LogP contribution in [0, 0.1) is 0 Å². The average Bonchev–Trinajstić information content (AvgIpc) is 2.40. The number of nitrogens with one attached hydrogen (secondary N) is 1. The molecule has 1 aromatic carbocycles. The van der Waals surface area contributed by atoms with E-state index in [4.69, 9.17) is 23.2 Å². The van der Waals surface area contributed by atoms with E-state index in [2.05, 4.69) is 0 Å². The van der Waals surface area contributed by atoms with Gasteiger partial charge in [-0.05, 0) is 30.5 Å². The van der Waals surface area contributed by atoms with Crippen LogP contribution < -0.4 is 4.90 Å². The van der Waals surface area contributed by atoms with E-state index in [1.54, 1.807) is 6.07 Å². The van der Waals surface area contributed by atoms with E-state index in [0.29, 0.717) is 29.6 Å². The third-order valence-corrected chi connectivity index (χ3v) is 6.18. The zero-order valence-corrected chi connectivity index (χ0v) is 14.4. The quantitative estimate of drug-likeness (QED) is 0.842. The second kappa shape index (κ2) is 6.47. The molecule has 1 saturated carbocycles. The van der Waals surface area contributed by atoms with Crippen LogP contribution >= 0.6 is 23.2 Å². The van der Waals surface area contributed by atoms with E-state index in [9.17, 15) is 13.9 Å². The van der Waals surface area contributed by atoms with Crippen LogP contribution in [0.4, 0.5) is 8.78 Å². The van der Waals surface area contributed by atoms with Gasteiger partial charge in [0, 0.05) is 18.3 Å². The molecule has 0 aromatic heterocycles. The Morgan fingerprint density at radius 1 is 1.13 bits per heavy atom. The fourth-order valence-electron chi connectivity index (χ4n) is 3.96. The zero-order valence-electron chi connectivity index (χ0n) is 12.9. The summed E-state index contributed by atoms with van der Waals surface area (Å²) in [6, 6.07) is 5.46. The molecule has 2 fully saturated rings. The van der Waals surface area contributed by atoms with Crippen molar-refractivity contribution in [3.63, 3.8) is 0 Å². The number of piperidine rings is 1. The number of alkyl halides is 2. The maximum absolute atomic E-state index is 13.6. The lowest BCUT2D eigenvalue weighted by molar-refractivity contribution is -0.917. The number of rotatable bonds is 4. The Labute approximate surface area is 145 Å². The Morgan fingerprint density at radius 3 is 2.43 bits per heavy atom. The minimum Gasteiger partial charge on any atom is -0.386 e. The molecule has 6 heteroatoms. The average molecular weight is 365 g/mol. The lowest BCUT2D eigenvalue weighted by Crippen LogP contribution is -3.16. The summed E-state index contributed by atoms with van der Waals surface area (Å²) in [5.41, 5.74) is 0.599. The minimum absolute atomic E-state index is 0.0372. The largest absolute Gasteiger partial charge is 0.386 e. The highest BCUT2D eigenvalue weighted by Gasteiger charge is 2.48. The number of quaternary nitrogens is 1. The topological polar surface area (TPSA) is 24.7 Å². The first kappa shape index (κ1) is 17.4. The molecule has 1 aromatic rings. The predicted molar refractivity (Wildman–Crippen MR) is 87.7 cm³/mol. The molecule has 2 nitrogen and oxygen atoms in total. The number of benzene rings is 1. The maximum atomic E-state index is 13.6. The minimum atomic E-state index is -2.61. The van der Waals surface area contributed by atoms with Crippen LogP contribution in [-0.4, -0.2) is 36.8 Å². The molecule has 2 aliphatic rings. The van der Waals surface area contributed by atoms with Crippen molar-refractivity contribution in [2.75, 3.05) is 19.6 Å². The van der Waals surface area contributed by atoms with Crippen molar-refractivity contribution in [3.8, 4) is 0 Å². The molecule has 1 saturated heterocycles. The molecule has 0 spiro atoms. The Morgan fingerprint density at radius 2 is 1.87 bits per heavy atom. The molecule has 0 radical (unpaired) electrons. The molecule has 2 N–H and O–H groups in total. The molecule has 0 bridgehead atoms. The van der Waals surface area contributed by atoms with E-state index < -0.39 is 12.0 Å². The van der Waals surface area contributed by atoms with Crippen LogP contribution in [0.15, 0.2) is 18.2 Å². The molecule has 1 aliphatic heterocycles. The zero-order chi connectivity index (χ0) is 16.7. The van der Waals surface area contributed by atoms with Crippen LogP contribution in [0.1, 0.15) is 37.7 Å². The first-order chi connectivity index (χ1) is 10.8. The number of aliphatic hydroxyl groups excluding tert-OH is 1. The fraction of sp³-hybridized carbons (Fsp3) is 0.647. The highest BCUT2D eigenvalue weighted by atomic mass is 35.5. The van der Waals surface area contributed by atoms with Crippen molar-refractivity contribution in [1.29, 1.82) is 0 Å². The number of aliphatic hydroxyl groups is 1. The molecule has 2 unspecified atom stereocenters. The molecule has 3 rings (SSSR count). The van der Waals surface area contributed by atoms with Gasteiger partial charge in [-0.2, -0.15) is 0 Å². The number of hydrogen-bond donors (Lipinski definition) is 2. The Balaban J connectivity index is 1.75. The van der Waals surface area contributed by atoms with Crippen LogP contribution in [0.3, 0.4) is 0 Å². The molecule has 1 heterocycles. The van der Waals surface area contributed by atoms with E-state index in [0.717, 1.165) is 29.7 Å². The monoisotopic (exact) mass is 364 g/mol. The van der Waals surface area contributed by atoms with Gasteiger partial charge in [0.2, 0.25) is 0 Å². The number of hydrogen-bond acceptors (Lipinski definition) is 1. The number of halogens is 4. The van der Waals surface area contributed by atoms with E-state index in [1.807, 2.05) is 12.1 Å². The maximum Gasteiger partial charge on any atom is 0.295 e. The van der Waals surface area contributed by atoms with Gasteiger partial charge in [-0.15, -0.1) is 0 Å². The highest BCUT2D eigenvalue weighted by Crippen LogP contribution is 2.47. The van der Waals surface area contributed by atoms with Crippen molar-refractivity contribution in [2.45, 2.75) is 49.5 Å². The lowest BCUT2D eigenvalue weighted by Gasteiger charge is -2.47. The van der Waals surface area contributed by atoms with Gasteiger partial charge in [-0.25, -0.2) is 8.78 Å². The van der Waals surface area contributed by atoms with Crippen molar-refractivity contribution in [3.05, 3.63) is 33.8 Å². The molecule has 128 valence electrons. The van der Waals surface area contributed by atoms with Gasteiger partial charge >= 0.3 is 0 Å². The highest BCUT2D eigenvalue weighted by molar-refractivity contribution is 6.42. The van der Waals surface area contributed by atoms with Crippen LogP contribution in [-0.2, 0) is 5.41 Å². The van der Waals surface area contributed by atoms with Gasteiger partial charge in [-0.3, -0.25) is 0 Å². The van der Waals surface area contributed by atoms with Gasteiger partial charge in [0.25, 0.3) is 5.92 Å². The first-order valence-electron chi connectivity index (χ1n) is 8.17. The summed E-state index contributed by atoms with van der Waals surface area (Å²) < 4.78 is 27.2. The Hall–Kier alpha value is -0.420. The van der Waals surface area contributed by atoms with Gasteiger partial charge in [0.1, 0.15) is 19.2 Å². The third-order valence-electron chi connectivity index (χ3n) is 5.44. The van der Waals surface area contributed by atoms with E-state index in [-0.39, 0.29) is 18.4 Å². The Bertz CT molecular complexity index is 578. The van der Waals surface area contributed by atoms with Gasteiger partial charge in [-0.1, -0.05) is 35.7 Å². The molecule has 0 amide bonds. The first-order valence-corrected chi connectivity index (χ1v) is 8.93. The van der Waals surface area contributed by atoms with Crippen LogP contribution in [0.25, 0.3) is 0 Å². The predicted octanol–water partition coefficient (Wildman–Crippen LogP) is 3.09. The van der Waals surface area contributed by atoms with Crippen LogP contribution in [0.2, 0.25) is 10.0 Å². The smallest absolute Gasteiger partial charge is 0.295 e. The fourth-order valence-corrected chi connectivity index (χ4v) is 4.26. The summed E-state index contributed by atoms with van der Waals surface area (Å²) in [6.07, 6.45) is 2.57. The molecule has 2 atom stereocenters. The Kier molecular flexibility index (Phi) is 4.90.